The van der Waals surface area contributed by atoms with E-state index in [1.807, 2.05) is 53.2 Å². The molecule has 1 aromatic heterocycles. The zero-order chi connectivity index (χ0) is 18.6. The molecular formula is C23H20ClN3. The number of anilines is 1. The van der Waals surface area contributed by atoms with Gasteiger partial charge in [-0.3, -0.25) is 0 Å². The monoisotopic (exact) mass is 373 g/mol. The van der Waals surface area contributed by atoms with E-state index in [1.165, 1.54) is 0 Å². The quantitative estimate of drug-likeness (QED) is 0.445. The van der Waals surface area contributed by atoms with Crippen LogP contribution < -0.4 is 5.32 Å². The Balaban J connectivity index is 1.92. The third kappa shape index (κ3) is 3.60. The number of rotatable bonds is 5. The van der Waals surface area contributed by atoms with Crippen LogP contribution in [0.4, 0.5) is 5.69 Å². The molecule has 0 aliphatic rings. The molecule has 0 saturated heterocycles. The molecule has 27 heavy (non-hydrogen) atoms. The van der Waals surface area contributed by atoms with Gasteiger partial charge in [0, 0.05) is 40.1 Å². The molecule has 0 bridgehead atoms. The SMILES string of the molecule is CCNc1ccccc1-c1cn(-c2ccccc2)nc1-c1ccc(Cl)cc1. The highest BCUT2D eigenvalue weighted by molar-refractivity contribution is 6.30. The molecule has 4 aromatic rings. The average molecular weight is 374 g/mol. The second-order valence-corrected chi connectivity index (χ2v) is 6.69. The molecule has 0 fully saturated rings. The van der Waals surface area contributed by atoms with Crippen LogP contribution in [0.5, 0.6) is 0 Å². The smallest absolute Gasteiger partial charge is 0.101 e. The van der Waals surface area contributed by atoms with Gasteiger partial charge in [-0.2, -0.15) is 5.10 Å². The van der Waals surface area contributed by atoms with E-state index in [4.69, 9.17) is 16.7 Å². The maximum Gasteiger partial charge on any atom is 0.101 e. The van der Waals surface area contributed by atoms with E-state index in [2.05, 4.69) is 48.8 Å². The van der Waals surface area contributed by atoms with Gasteiger partial charge in [-0.25, -0.2) is 4.68 Å². The van der Waals surface area contributed by atoms with Crippen LogP contribution in [0.2, 0.25) is 5.02 Å². The topological polar surface area (TPSA) is 29.9 Å². The largest absolute Gasteiger partial charge is 0.385 e. The zero-order valence-electron chi connectivity index (χ0n) is 15.1. The minimum absolute atomic E-state index is 0.718. The van der Waals surface area contributed by atoms with Crippen LogP contribution in [0, 0.1) is 0 Å². The minimum Gasteiger partial charge on any atom is -0.385 e. The summed E-state index contributed by atoms with van der Waals surface area (Å²) in [6, 6.07) is 26.3. The number of benzene rings is 3. The van der Waals surface area contributed by atoms with E-state index in [-0.39, 0.29) is 0 Å². The second kappa shape index (κ2) is 7.68. The summed E-state index contributed by atoms with van der Waals surface area (Å²) >= 11 is 6.09. The van der Waals surface area contributed by atoms with Crippen LogP contribution in [0.15, 0.2) is 85.1 Å². The summed E-state index contributed by atoms with van der Waals surface area (Å²) < 4.78 is 1.93. The van der Waals surface area contributed by atoms with Gasteiger partial charge in [-0.1, -0.05) is 60.1 Å². The molecule has 3 nitrogen and oxygen atoms in total. The van der Waals surface area contributed by atoms with Gasteiger partial charge in [0.2, 0.25) is 0 Å². The normalized spacial score (nSPS) is 10.7. The summed E-state index contributed by atoms with van der Waals surface area (Å²) in [5.74, 6) is 0. The highest BCUT2D eigenvalue weighted by Crippen LogP contribution is 2.36. The van der Waals surface area contributed by atoms with Crippen molar-refractivity contribution in [3.8, 4) is 28.1 Å². The molecule has 0 spiro atoms. The van der Waals surface area contributed by atoms with Crippen molar-refractivity contribution in [2.45, 2.75) is 6.92 Å². The fraction of sp³-hybridized carbons (Fsp3) is 0.0870. The summed E-state index contributed by atoms with van der Waals surface area (Å²) in [7, 11) is 0. The van der Waals surface area contributed by atoms with Crippen molar-refractivity contribution in [3.05, 3.63) is 90.1 Å². The molecule has 0 atom stereocenters. The molecule has 3 aromatic carbocycles. The Bertz CT molecular complexity index is 1040. The van der Waals surface area contributed by atoms with Gasteiger partial charge in [-0.05, 0) is 37.3 Å². The highest BCUT2D eigenvalue weighted by Gasteiger charge is 2.16. The minimum atomic E-state index is 0.718. The second-order valence-electron chi connectivity index (χ2n) is 6.25. The average Bonchev–Trinajstić information content (AvgIpc) is 3.15. The van der Waals surface area contributed by atoms with Crippen molar-refractivity contribution in [1.29, 1.82) is 0 Å². The molecule has 4 rings (SSSR count). The van der Waals surface area contributed by atoms with Crippen molar-refractivity contribution in [1.82, 2.24) is 9.78 Å². The Hall–Kier alpha value is -3.04. The summed E-state index contributed by atoms with van der Waals surface area (Å²) in [6.45, 7) is 2.96. The summed E-state index contributed by atoms with van der Waals surface area (Å²) in [6.07, 6.45) is 2.09. The van der Waals surface area contributed by atoms with Gasteiger partial charge in [0.15, 0.2) is 0 Å². The number of hydrogen-bond acceptors (Lipinski definition) is 2. The zero-order valence-corrected chi connectivity index (χ0v) is 15.8. The van der Waals surface area contributed by atoms with E-state index < -0.39 is 0 Å². The number of halogens is 1. The maximum atomic E-state index is 6.09. The standard InChI is InChI=1S/C23H20ClN3/c1-2-25-22-11-7-6-10-20(22)21-16-27(19-8-4-3-5-9-19)26-23(21)17-12-14-18(24)15-13-17/h3-16,25H,2H2,1H3. The summed E-state index contributed by atoms with van der Waals surface area (Å²) in [4.78, 5) is 0. The molecule has 0 aliphatic heterocycles. The van der Waals surface area contributed by atoms with Crippen LogP contribution in [-0.2, 0) is 0 Å². The van der Waals surface area contributed by atoms with E-state index in [9.17, 15) is 0 Å². The van der Waals surface area contributed by atoms with Crippen molar-refractivity contribution in [2.24, 2.45) is 0 Å². The van der Waals surface area contributed by atoms with Crippen molar-refractivity contribution < 1.29 is 0 Å². The maximum absolute atomic E-state index is 6.09. The molecular weight excluding hydrogens is 354 g/mol. The van der Waals surface area contributed by atoms with E-state index in [0.717, 1.165) is 45.3 Å². The summed E-state index contributed by atoms with van der Waals surface area (Å²) in [5.41, 5.74) is 6.31. The molecule has 4 heteroatoms. The molecule has 0 aliphatic carbocycles. The first-order valence-electron chi connectivity index (χ1n) is 9.00. The first-order valence-corrected chi connectivity index (χ1v) is 9.38. The first kappa shape index (κ1) is 17.4. The van der Waals surface area contributed by atoms with Crippen LogP contribution in [-0.4, -0.2) is 16.3 Å². The van der Waals surface area contributed by atoms with Crippen LogP contribution in [0.3, 0.4) is 0 Å². The Morgan fingerprint density at radius 1 is 0.852 bits per heavy atom. The Kier molecular flexibility index (Phi) is 4.95. The molecule has 0 radical (unpaired) electrons. The summed E-state index contributed by atoms with van der Waals surface area (Å²) in [5, 5.41) is 9.08. The predicted octanol–water partition coefficient (Wildman–Crippen LogP) is 6.29. The lowest BCUT2D eigenvalue weighted by atomic mass is 10.0. The van der Waals surface area contributed by atoms with Gasteiger partial charge >= 0.3 is 0 Å². The van der Waals surface area contributed by atoms with Gasteiger partial charge < -0.3 is 5.32 Å². The molecule has 0 unspecified atom stereocenters. The number of hydrogen-bond donors (Lipinski definition) is 1. The molecule has 0 saturated carbocycles. The van der Waals surface area contributed by atoms with Gasteiger partial charge in [0.05, 0.1) is 5.69 Å². The molecule has 0 amide bonds. The van der Waals surface area contributed by atoms with Crippen LogP contribution >= 0.6 is 11.6 Å². The van der Waals surface area contributed by atoms with Crippen molar-refractivity contribution >= 4 is 17.3 Å². The first-order chi connectivity index (χ1) is 13.3. The lowest BCUT2D eigenvalue weighted by Crippen LogP contribution is -1.98. The van der Waals surface area contributed by atoms with E-state index in [1.54, 1.807) is 0 Å². The van der Waals surface area contributed by atoms with E-state index >= 15 is 0 Å². The van der Waals surface area contributed by atoms with Gasteiger partial charge in [0.1, 0.15) is 5.69 Å². The molecule has 1 N–H and O–H groups in total. The number of aromatic nitrogens is 2. The fourth-order valence-electron chi connectivity index (χ4n) is 3.17. The van der Waals surface area contributed by atoms with Gasteiger partial charge in [0.25, 0.3) is 0 Å². The number of para-hydroxylation sites is 2. The van der Waals surface area contributed by atoms with Gasteiger partial charge in [-0.15, -0.1) is 0 Å². The van der Waals surface area contributed by atoms with Crippen LogP contribution in [0.25, 0.3) is 28.1 Å². The Morgan fingerprint density at radius 3 is 2.30 bits per heavy atom. The Labute approximate surface area is 164 Å². The molecule has 134 valence electrons. The predicted molar refractivity (Wildman–Crippen MR) is 114 cm³/mol. The highest BCUT2D eigenvalue weighted by atomic mass is 35.5. The molecule has 1 heterocycles. The third-order valence-electron chi connectivity index (χ3n) is 4.44. The van der Waals surface area contributed by atoms with Crippen molar-refractivity contribution in [2.75, 3.05) is 11.9 Å². The lowest BCUT2D eigenvalue weighted by Gasteiger charge is -2.10. The van der Waals surface area contributed by atoms with Crippen molar-refractivity contribution in [3.63, 3.8) is 0 Å². The van der Waals surface area contributed by atoms with E-state index in [0.29, 0.717) is 0 Å². The fourth-order valence-corrected chi connectivity index (χ4v) is 3.29. The van der Waals surface area contributed by atoms with Crippen LogP contribution in [0.1, 0.15) is 6.92 Å². The number of nitrogens with one attached hydrogen (secondary N) is 1. The number of nitrogens with zero attached hydrogens (tertiary/aromatic N) is 2. The lowest BCUT2D eigenvalue weighted by molar-refractivity contribution is 0.884. The Morgan fingerprint density at radius 2 is 1.56 bits per heavy atom. The third-order valence-corrected chi connectivity index (χ3v) is 4.69.